The molecule has 28 heavy (non-hydrogen) atoms. The Morgan fingerprint density at radius 3 is 2.54 bits per heavy atom. The summed E-state index contributed by atoms with van der Waals surface area (Å²) in [7, 11) is 0.446. The van der Waals surface area contributed by atoms with E-state index in [9.17, 15) is 8.42 Å². The zero-order chi connectivity index (χ0) is 19.7. The molecule has 0 aliphatic carbocycles. The molecule has 0 atom stereocenters. The van der Waals surface area contributed by atoms with Gasteiger partial charge in [-0.2, -0.15) is 4.31 Å². The van der Waals surface area contributed by atoms with Gasteiger partial charge in [0.1, 0.15) is 15.7 Å². The van der Waals surface area contributed by atoms with Crippen molar-refractivity contribution in [3.8, 4) is 0 Å². The minimum Gasteiger partial charge on any atom is -0.353 e. The maximum absolute atomic E-state index is 12.8. The van der Waals surface area contributed by atoms with Crippen molar-refractivity contribution in [1.82, 2.24) is 19.2 Å². The molecule has 3 heterocycles. The van der Waals surface area contributed by atoms with Gasteiger partial charge in [-0.05, 0) is 31.3 Å². The summed E-state index contributed by atoms with van der Waals surface area (Å²) in [5, 5.41) is 1.000. The lowest BCUT2D eigenvalue weighted by atomic mass is 10.3. The number of pyridine rings is 1. The van der Waals surface area contributed by atoms with Crippen LogP contribution in [0, 0.1) is 0 Å². The van der Waals surface area contributed by atoms with Gasteiger partial charge in [0.2, 0.25) is 10.0 Å². The molecule has 3 aromatic rings. The van der Waals surface area contributed by atoms with Crippen molar-refractivity contribution >= 4 is 37.4 Å². The number of hydrogen-bond donors (Lipinski definition) is 0. The summed E-state index contributed by atoms with van der Waals surface area (Å²) in [5.41, 5.74) is 0.998. The van der Waals surface area contributed by atoms with Gasteiger partial charge < -0.3 is 9.80 Å². The average Bonchev–Trinajstić information content (AvgIpc) is 3.10. The average molecular weight is 418 g/mol. The third kappa shape index (κ3) is 3.88. The molecule has 1 saturated heterocycles. The summed E-state index contributed by atoms with van der Waals surface area (Å²) in [4.78, 5) is 13.4. The van der Waals surface area contributed by atoms with Crippen molar-refractivity contribution in [3.05, 3.63) is 47.6 Å². The second kappa shape index (κ2) is 7.75. The van der Waals surface area contributed by atoms with E-state index in [4.69, 9.17) is 0 Å². The zero-order valence-electron chi connectivity index (χ0n) is 15.9. The number of hydrogen-bond acceptors (Lipinski definition) is 7. The fourth-order valence-corrected chi connectivity index (χ4v) is 5.59. The van der Waals surface area contributed by atoms with Crippen LogP contribution in [0.25, 0.3) is 10.2 Å². The van der Waals surface area contributed by atoms with Gasteiger partial charge in [-0.3, -0.25) is 0 Å². The van der Waals surface area contributed by atoms with E-state index >= 15 is 0 Å². The monoisotopic (exact) mass is 417 g/mol. The molecule has 0 radical (unpaired) electrons. The summed E-state index contributed by atoms with van der Waals surface area (Å²) >= 11 is 1.66. The fraction of sp³-hybridized carbons (Fsp3) is 0.368. The van der Waals surface area contributed by atoms with Gasteiger partial charge >= 0.3 is 0 Å². The van der Waals surface area contributed by atoms with Crippen LogP contribution in [0.4, 0.5) is 5.82 Å². The minimum absolute atomic E-state index is 0.245. The van der Waals surface area contributed by atoms with Crippen LogP contribution in [-0.2, 0) is 16.6 Å². The molecule has 1 aromatic carbocycles. The summed E-state index contributed by atoms with van der Waals surface area (Å²) in [5.74, 6) is 0.719. The Balaban J connectivity index is 1.47. The zero-order valence-corrected chi connectivity index (χ0v) is 17.6. The Kier molecular flexibility index (Phi) is 5.33. The highest BCUT2D eigenvalue weighted by atomic mass is 32.2. The first-order chi connectivity index (χ1) is 13.4. The molecule has 148 valence electrons. The van der Waals surface area contributed by atoms with Crippen LogP contribution in [0.15, 0.2) is 47.5 Å². The second-order valence-electron chi connectivity index (χ2n) is 6.99. The van der Waals surface area contributed by atoms with Gasteiger partial charge in [0, 0.05) is 39.4 Å². The smallest absolute Gasteiger partial charge is 0.244 e. The number of nitrogens with zero attached hydrogens (tertiary/aromatic N) is 5. The van der Waals surface area contributed by atoms with Crippen LogP contribution < -0.4 is 4.90 Å². The van der Waals surface area contributed by atoms with E-state index in [2.05, 4.69) is 20.9 Å². The topological polar surface area (TPSA) is 69.6 Å². The number of sulfonamides is 1. The predicted molar refractivity (Wildman–Crippen MR) is 112 cm³/mol. The number of benzene rings is 1. The Labute approximate surface area is 169 Å². The van der Waals surface area contributed by atoms with Gasteiger partial charge in [-0.15, -0.1) is 11.3 Å². The van der Waals surface area contributed by atoms with E-state index in [0.717, 1.165) is 34.1 Å². The molecule has 0 spiro atoms. The SMILES string of the molecule is CN1CCN(S(=O)(=O)c2ccc(N(C)Cc3nc4ccccc4s3)nc2)CC1. The minimum atomic E-state index is -3.49. The third-order valence-corrected chi connectivity index (χ3v) is 7.83. The van der Waals surface area contributed by atoms with Crippen LogP contribution in [0.5, 0.6) is 0 Å². The van der Waals surface area contributed by atoms with E-state index in [1.807, 2.05) is 37.2 Å². The van der Waals surface area contributed by atoms with Gasteiger partial charge in [0.05, 0.1) is 16.8 Å². The Morgan fingerprint density at radius 2 is 1.86 bits per heavy atom. The van der Waals surface area contributed by atoms with Crippen molar-refractivity contribution in [1.29, 1.82) is 0 Å². The van der Waals surface area contributed by atoms with Crippen molar-refractivity contribution in [2.75, 3.05) is 45.2 Å². The Morgan fingerprint density at radius 1 is 1.11 bits per heavy atom. The number of aromatic nitrogens is 2. The maximum atomic E-state index is 12.8. The van der Waals surface area contributed by atoms with Crippen molar-refractivity contribution in [2.45, 2.75) is 11.4 Å². The molecule has 4 rings (SSSR count). The second-order valence-corrected chi connectivity index (χ2v) is 10.0. The van der Waals surface area contributed by atoms with E-state index < -0.39 is 10.0 Å². The molecular formula is C19H23N5O2S2. The van der Waals surface area contributed by atoms with Crippen LogP contribution in [0.2, 0.25) is 0 Å². The molecule has 0 N–H and O–H groups in total. The first kappa shape index (κ1) is 19.3. The number of anilines is 1. The molecule has 1 aliphatic rings. The molecule has 2 aromatic heterocycles. The van der Waals surface area contributed by atoms with Crippen LogP contribution >= 0.6 is 11.3 Å². The standard InChI is InChI=1S/C19H23N5O2S2/c1-22-9-11-24(12-10-22)28(25,26)15-7-8-18(20-13-15)23(2)14-19-21-16-5-3-4-6-17(16)27-19/h3-8,13H,9-12,14H2,1-2H3. The highest BCUT2D eigenvalue weighted by Crippen LogP contribution is 2.24. The Hall–Kier alpha value is -2.07. The van der Waals surface area contributed by atoms with Crippen molar-refractivity contribution in [2.24, 2.45) is 0 Å². The summed E-state index contributed by atoms with van der Waals surface area (Å²) < 4.78 is 28.3. The summed E-state index contributed by atoms with van der Waals surface area (Å²) in [6.07, 6.45) is 1.46. The van der Waals surface area contributed by atoms with Crippen LogP contribution in [-0.4, -0.2) is 67.9 Å². The normalized spacial score (nSPS) is 16.5. The predicted octanol–water partition coefficient (Wildman–Crippen LogP) is 2.26. The summed E-state index contributed by atoms with van der Waals surface area (Å²) in [6.45, 7) is 3.14. The fourth-order valence-electron chi connectivity index (χ4n) is 3.20. The lowest BCUT2D eigenvalue weighted by molar-refractivity contribution is 0.222. The van der Waals surface area contributed by atoms with E-state index in [-0.39, 0.29) is 4.90 Å². The third-order valence-electron chi connectivity index (χ3n) is 4.92. The molecule has 0 bridgehead atoms. The number of thiazole rings is 1. The van der Waals surface area contributed by atoms with Gasteiger partial charge in [-0.25, -0.2) is 18.4 Å². The van der Waals surface area contributed by atoms with E-state index in [1.165, 1.54) is 10.5 Å². The van der Waals surface area contributed by atoms with Crippen LogP contribution in [0.1, 0.15) is 5.01 Å². The molecule has 1 fully saturated rings. The molecule has 0 saturated carbocycles. The van der Waals surface area contributed by atoms with Gasteiger partial charge in [0.25, 0.3) is 0 Å². The van der Waals surface area contributed by atoms with Gasteiger partial charge in [-0.1, -0.05) is 12.1 Å². The summed E-state index contributed by atoms with van der Waals surface area (Å²) in [6, 6.07) is 11.5. The number of para-hydroxylation sites is 1. The molecular weight excluding hydrogens is 394 g/mol. The van der Waals surface area contributed by atoms with Crippen molar-refractivity contribution < 1.29 is 8.42 Å². The first-order valence-corrected chi connectivity index (χ1v) is 11.4. The molecule has 9 heteroatoms. The lowest BCUT2D eigenvalue weighted by Gasteiger charge is -2.31. The lowest BCUT2D eigenvalue weighted by Crippen LogP contribution is -2.47. The molecule has 1 aliphatic heterocycles. The highest BCUT2D eigenvalue weighted by Gasteiger charge is 2.27. The van der Waals surface area contributed by atoms with Gasteiger partial charge in [0.15, 0.2) is 0 Å². The van der Waals surface area contributed by atoms with E-state index in [0.29, 0.717) is 19.6 Å². The Bertz CT molecular complexity index is 1020. The van der Waals surface area contributed by atoms with Crippen LogP contribution in [0.3, 0.4) is 0 Å². The number of piperazine rings is 1. The molecule has 0 amide bonds. The van der Waals surface area contributed by atoms with Crippen molar-refractivity contribution in [3.63, 3.8) is 0 Å². The molecule has 0 unspecified atom stereocenters. The quantitative estimate of drug-likeness (QED) is 0.634. The maximum Gasteiger partial charge on any atom is 0.244 e. The first-order valence-electron chi connectivity index (χ1n) is 9.14. The highest BCUT2D eigenvalue weighted by molar-refractivity contribution is 7.89. The number of rotatable bonds is 5. The number of fused-ring (bicyclic) bond motifs is 1. The molecule has 7 nitrogen and oxygen atoms in total. The largest absolute Gasteiger partial charge is 0.353 e. The van der Waals surface area contributed by atoms with E-state index in [1.54, 1.807) is 23.5 Å². The number of likely N-dealkylation sites (N-methyl/N-ethyl adjacent to an activating group) is 1.